The van der Waals surface area contributed by atoms with Crippen molar-refractivity contribution in [2.45, 2.75) is 32.4 Å². The van der Waals surface area contributed by atoms with Crippen molar-refractivity contribution in [1.82, 2.24) is 4.90 Å². The Balaban J connectivity index is 2.00. The summed E-state index contributed by atoms with van der Waals surface area (Å²) in [7, 11) is 3.43. The van der Waals surface area contributed by atoms with Crippen molar-refractivity contribution >= 4 is 0 Å². The van der Waals surface area contributed by atoms with Crippen LogP contribution in [0.4, 0.5) is 0 Å². The third kappa shape index (κ3) is 1.86. The molecule has 1 aliphatic carbocycles. The summed E-state index contributed by atoms with van der Waals surface area (Å²) in [5.74, 6) is 1.67. The Hall–Kier alpha value is -2.00. The van der Waals surface area contributed by atoms with Crippen molar-refractivity contribution < 1.29 is 9.47 Å². The number of nitrogens with zero attached hydrogens (tertiary/aromatic N) is 1. The summed E-state index contributed by atoms with van der Waals surface area (Å²) in [6.45, 7) is 5.65. The van der Waals surface area contributed by atoms with Crippen molar-refractivity contribution in [3.63, 3.8) is 0 Å². The largest absolute Gasteiger partial charge is 0.493 e. The number of hydrogen-bond acceptors (Lipinski definition) is 3. The van der Waals surface area contributed by atoms with E-state index in [1.165, 1.54) is 27.8 Å². The highest BCUT2D eigenvalue weighted by Gasteiger charge is 2.40. The van der Waals surface area contributed by atoms with Crippen molar-refractivity contribution in [1.29, 1.82) is 0 Å². The maximum absolute atomic E-state index is 5.73. The Kier molecular flexibility index (Phi) is 3.34. The van der Waals surface area contributed by atoms with Crippen LogP contribution >= 0.6 is 0 Å². The highest BCUT2D eigenvalue weighted by Crippen LogP contribution is 2.54. The molecule has 3 heteroatoms. The van der Waals surface area contributed by atoms with Crippen LogP contribution in [0, 0.1) is 0 Å². The molecule has 2 atom stereocenters. The Morgan fingerprint density at radius 3 is 2.65 bits per heavy atom. The fraction of sp³-hybridized carbons (Fsp3) is 0.400. The van der Waals surface area contributed by atoms with E-state index in [0.29, 0.717) is 12.1 Å². The van der Waals surface area contributed by atoms with Crippen LogP contribution in [0.25, 0.3) is 11.1 Å². The Labute approximate surface area is 137 Å². The van der Waals surface area contributed by atoms with E-state index in [0.717, 1.165) is 24.5 Å². The summed E-state index contributed by atoms with van der Waals surface area (Å²) >= 11 is 0. The van der Waals surface area contributed by atoms with Gasteiger partial charge in [0.25, 0.3) is 0 Å². The van der Waals surface area contributed by atoms with Gasteiger partial charge in [-0.3, -0.25) is 4.90 Å². The molecule has 0 saturated heterocycles. The quantitative estimate of drug-likeness (QED) is 0.840. The highest BCUT2D eigenvalue weighted by atomic mass is 16.5. The predicted octanol–water partition coefficient (Wildman–Crippen LogP) is 4.36. The molecule has 2 aromatic rings. The van der Waals surface area contributed by atoms with E-state index >= 15 is 0 Å². The summed E-state index contributed by atoms with van der Waals surface area (Å²) in [5.41, 5.74) is 6.83. The fourth-order valence-corrected chi connectivity index (χ4v) is 4.51. The monoisotopic (exact) mass is 309 g/mol. The molecule has 1 aliphatic heterocycles. The van der Waals surface area contributed by atoms with Gasteiger partial charge < -0.3 is 9.47 Å². The molecular weight excluding hydrogens is 286 g/mol. The van der Waals surface area contributed by atoms with E-state index in [9.17, 15) is 0 Å². The molecule has 0 saturated carbocycles. The minimum absolute atomic E-state index is 0.474. The van der Waals surface area contributed by atoms with Gasteiger partial charge in [0.05, 0.1) is 14.2 Å². The van der Waals surface area contributed by atoms with E-state index in [-0.39, 0.29) is 0 Å². The first kappa shape index (κ1) is 14.6. The van der Waals surface area contributed by atoms with Gasteiger partial charge in [-0.1, -0.05) is 31.2 Å². The molecule has 4 rings (SSSR count). The van der Waals surface area contributed by atoms with E-state index in [1.54, 1.807) is 14.2 Å². The number of methoxy groups -OCH3 is 2. The first-order valence-electron chi connectivity index (χ1n) is 8.34. The van der Waals surface area contributed by atoms with Crippen molar-refractivity contribution in [2.24, 2.45) is 0 Å². The number of ether oxygens (including phenoxy) is 2. The molecule has 0 unspecified atom stereocenters. The third-order valence-corrected chi connectivity index (χ3v) is 5.50. The van der Waals surface area contributed by atoms with Gasteiger partial charge in [0, 0.05) is 17.6 Å². The van der Waals surface area contributed by atoms with Crippen LogP contribution in [0.5, 0.6) is 11.5 Å². The molecule has 2 aromatic carbocycles. The summed E-state index contributed by atoms with van der Waals surface area (Å²) in [6.07, 6.45) is 1.04. The molecule has 2 aliphatic rings. The maximum atomic E-state index is 5.73. The summed E-state index contributed by atoms with van der Waals surface area (Å²) in [5, 5.41) is 0. The van der Waals surface area contributed by atoms with E-state index < -0.39 is 0 Å². The minimum Gasteiger partial charge on any atom is -0.493 e. The topological polar surface area (TPSA) is 21.7 Å². The normalized spacial score (nSPS) is 21.7. The molecule has 0 spiro atoms. The Morgan fingerprint density at radius 2 is 1.96 bits per heavy atom. The van der Waals surface area contributed by atoms with Gasteiger partial charge >= 0.3 is 0 Å². The van der Waals surface area contributed by atoms with Crippen LogP contribution < -0.4 is 9.47 Å². The Morgan fingerprint density at radius 1 is 1.13 bits per heavy atom. The van der Waals surface area contributed by atoms with E-state index in [1.807, 2.05) is 6.07 Å². The molecule has 0 radical (unpaired) electrons. The summed E-state index contributed by atoms with van der Waals surface area (Å²) in [4.78, 5) is 2.60. The van der Waals surface area contributed by atoms with E-state index in [2.05, 4.69) is 43.0 Å². The summed E-state index contributed by atoms with van der Waals surface area (Å²) in [6, 6.07) is 11.9. The molecule has 0 aromatic heterocycles. The second-order valence-electron chi connectivity index (χ2n) is 6.37. The fourth-order valence-electron chi connectivity index (χ4n) is 4.51. The van der Waals surface area contributed by atoms with Crippen molar-refractivity contribution in [2.75, 3.05) is 20.8 Å². The lowest BCUT2D eigenvalue weighted by atomic mass is 9.81. The molecule has 0 N–H and O–H groups in total. The van der Waals surface area contributed by atoms with Crippen LogP contribution in [0.1, 0.15) is 42.6 Å². The van der Waals surface area contributed by atoms with Gasteiger partial charge in [0.15, 0.2) is 11.5 Å². The predicted molar refractivity (Wildman–Crippen MR) is 92.2 cm³/mol. The zero-order chi connectivity index (χ0) is 16.1. The third-order valence-electron chi connectivity index (χ3n) is 5.50. The number of benzene rings is 2. The molecule has 0 fully saturated rings. The molecule has 0 bridgehead atoms. The molecule has 0 amide bonds. The first-order valence-corrected chi connectivity index (χ1v) is 8.34. The minimum atomic E-state index is 0.474. The smallest absolute Gasteiger partial charge is 0.168 e. The van der Waals surface area contributed by atoms with Crippen LogP contribution in [-0.2, 0) is 6.42 Å². The number of hydrogen-bond donors (Lipinski definition) is 0. The lowest BCUT2D eigenvalue weighted by molar-refractivity contribution is 0.180. The summed E-state index contributed by atoms with van der Waals surface area (Å²) < 4.78 is 11.2. The van der Waals surface area contributed by atoms with Crippen LogP contribution in [0.15, 0.2) is 30.3 Å². The molecular formula is C20H23NO2. The van der Waals surface area contributed by atoms with Gasteiger partial charge in [-0.2, -0.15) is 0 Å². The average Bonchev–Trinajstić information content (AvgIpc) is 2.86. The van der Waals surface area contributed by atoms with Crippen molar-refractivity contribution in [3.8, 4) is 22.6 Å². The van der Waals surface area contributed by atoms with Gasteiger partial charge in [0.2, 0.25) is 0 Å². The zero-order valence-electron chi connectivity index (χ0n) is 14.2. The number of likely N-dealkylation sites (N-methyl/N-ethyl adjacent to an activating group) is 1. The molecule has 1 heterocycles. The lowest BCUT2D eigenvalue weighted by Gasteiger charge is -2.32. The maximum Gasteiger partial charge on any atom is 0.168 e. The standard InChI is InChI=1S/C20H23NO2/c1-5-21-12(2)14-7-6-8-15-18-13(11-16(21)19(14)15)9-10-17(22-3)20(18)23-4/h6-10,12,16H,5,11H2,1-4H3/t12-,16+/m0/s1. The molecule has 120 valence electrons. The lowest BCUT2D eigenvalue weighted by Crippen LogP contribution is -2.27. The van der Waals surface area contributed by atoms with Crippen molar-refractivity contribution in [3.05, 3.63) is 47.0 Å². The Bertz CT molecular complexity index is 768. The van der Waals surface area contributed by atoms with Gasteiger partial charge in [-0.25, -0.2) is 0 Å². The number of fused-ring (bicyclic) bond motifs is 2. The van der Waals surface area contributed by atoms with Crippen LogP contribution in [0.3, 0.4) is 0 Å². The van der Waals surface area contributed by atoms with E-state index in [4.69, 9.17) is 9.47 Å². The zero-order valence-corrected chi connectivity index (χ0v) is 14.2. The molecule has 3 nitrogen and oxygen atoms in total. The number of rotatable bonds is 3. The average molecular weight is 309 g/mol. The first-order chi connectivity index (χ1) is 11.2. The van der Waals surface area contributed by atoms with Gasteiger partial charge in [0.1, 0.15) is 0 Å². The second-order valence-corrected chi connectivity index (χ2v) is 6.37. The highest BCUT2D eigenvalue weighted by molar-refractivity contribution is 5.83. The van der Waals surface area contributed by atoms with Gasteiger partial charge in [-0.05, 0) is 48.2 Å². The second kappa shape index (κ2) is 5.27. The molecule has 23 heavy (non-hydrogen) atoms. The van der Waals surface area contributed by atoms with Crippen LogP contribution in [0.2, 0.25) is 0 Å². The van der Waals surface area contributed by atoms with Gasteiger partial charge in [-0.15, -0.1) is 0 Å². The van der Waals surface area contributed by atoms with Crippen LogP contribution in [-0.4, -0.2) is 25.7 Å². The SMILES string of the molecule is CCN1[C@@H]2Cc3ccc(OC)c(OC)c3-c3cccc(c32)[C@@H]1C.